The van der Waals surface area contributed by atoms with E-state index in [2.05, 4.69) is 32.3 Å². The quantitative estimate of drug-likeness (QED) is 0.618. The van der Waals surface area contributed by atoms with Crippen molar-refractivity contribution in [3.63, 3.8) is 0 Å². The molecule has 0 aromatic heterocycles. The van der Waals surface area contributed by atoms with Crippen molar-refractivity contribution in [2.75, 3.05) is 13.6 Å². The predicted molar refractivity (Wildman–Crippen MR) is 60.8 cm³/mol. The van der Waals surface area contributed by atoms with Crippen LogP contribution in [0.15, 0.2) is 37.0 Å². The summed E-state index contributed by atoms with van der Waals surface area (Å²) in [5.74, 6) is 0. The van der Waals surface area contributed by atoms with E-state index in [4.69, 9.17) is 0 Å². The van der Waals surface area contributed by atoms with Gasteiger partial charge in [-0.25, -0.2) is 0 Å². The third kappa shape index (κ3) is 4.69. The fourth-order valence-corrected chi connectivity index (χ4v) is 1.01. The van der Waals surface area contributed by atoms with Crippen LogP contribution in [0.25, 0.3) is 0 Å². The molecule has 0 bridgehead atoms. The Balaban J connectivity index is 4.17. The van der Waals surface area contributed by atoms with Crippen LogP contribution < -0.4 is 5.32 Å². The van der Waals surface area contributed by atoms with Crippen LogP contribution in [0.1, 0.15) is 20.3 Å². The number of rotatable bonds is 6. The third-order valence-electron chi connectivity index (χ3n) is 2.30. The normalized spacial score (nSPS) is 11.9. The van der Waals surface area contributed by atoms with Gasteiger partial charge in [0.25, 0.3) is 0 Å². The summed E-state index contributed by atoms with van der Waals surface area (Å²) in [6.07, 6.45) is 6.84. The molecular formula is C12H21N. The average Bonchev–Trinajstić information content (AvgIpc) is 2.10. The molecule has 1 nitrogen and oxygen atoms in total. The molecule has 0 aliphatic carbocycles. The molecule has 0 aromatic carbocycles. The molecule has 1 N–H and O–H groups in total. The van der Waals surface area contributed by atoms with Crippen molar-refractivity contribution >= 4 is 0 Å². The smallest absolute Gasteiger partial charge is 0.00436 e. The first-order valence-corrected chi connectivity index (χ1v) is 4.67. The SMILES string of the molecule is C=C/C=C\C(=C)C(C)(C)CCNC. The van der Waals surface area contributed by atoms with Crippen molar-refractivity contribution in [2.45, 2.75) is 20.3 Å². The molecule has 0 rings (SSSR count). The van der Waals surface area contributed by atoms with E-state index in [0.29, 0.717) is 0 Å². The summed E-state index contributed by atoms with van der Waals surface area (Å²) in [5, 5.41) is 3.15. The molecule has 0 fully saturated rings. The molecule has 0 saturated heterocycles. The van der Waals surface area contributed by atoms with Gasteiger partial charge in [-0.1, -0.05) is 45.2 Å². The average molecular weight is 179 g/mol. The summed E-state index contributed by atoms with van der Waals surface area (Å²) in [6.45, 7) is 13.1. The van der Waals surface area contributed by atoms with Gasteiger partial charge in [0, 0.05) is 0 Å². The lowest BCUT2D eigenvalue weighted by molar-refractivity contribution is 0.412. The van der Waals surface area contributed by atoms with E-state index in [0.717, 1.165) is 18.5 Å². The highest BCUT2D eigenvalue weighted by molar-refractivity contribution is 5.24. The lowest BCUT2D eigenvalue weighted by Crippen LogP contribution is -2.20. The molecule has 0 spiro atoms. The van der Waals surface area contributed by atoms with Crippen molar-refractivity contribution < 1.29 is 0 Å². The number of hydrogen-bond acceptors (Lipinski definition) is 1. The maximum atomic E-state index is 4.05. The Morgan fingerprint density at radius 1 is 1.46 bits per heavy atom. The molecule has 0 aliphatic heterocycles. The van der Waals surface area contributed by atoms with Crippen molar-refractivity contribution in [1.82, 2.24) is 5.32 Å². The van der Waals surface area contributed by atoms with Crippen LogP contribution in [-0.2, 0) is 0 Å². The molecule has 74 valence electrons. The first-order valence-electron chi connectivity index (χ1n) is 4.67. The van der Waals surface area contributed by atoms with Crippen molar-refractivity contribution in [2.24, 2.45) is 5.41 Å². The van der Waals surface area contributed by atoms with Gasteiger partial charge in [0.15, 0.2) is 0 Å². The highest BCUT2D eigenvalue weighted by Crippen LogP contribution is 2.29. The Hall–Kier alpha value is -0.820. The molecule has 0 atom stereocenters. The van der Waals surface area contributed by atoms with Gasteiger partial charge < -0.3 is 5.32 Å². The van der Waals surface area contributed by atoms with Crippen LogP contribution >= 0.6 is 0 Å². The monoisotopic (exact) mass is 179 g/mol. The van der Waals surface area contributed by atoms with Crippen molar-refractivity contribution in [3.05, 3.63) is 37.0 Å². The Bertz CT molecular complexity index is 199. The first-order chi connectivity index (χ1) is 6.04. The van der Waals surface area contributed by atoms with E-state index in [1.165, 1.54) is 0 Å². The van der Waals surface area contributed by atoms with Gasteiger partial charge in [0.2, 0.25) is 0 Å². The molecule has 13 heavy (non-hydrogen) atoms. The van der Waals surface area contributed by atoms with Gasteiger partial charge in [-0.3, -0.25) is 0 Å². The Morgan fingerprint density at radius 2 is 2.08 bits per heavy atom. The van der Waals surface area contributed by atoms with Crippen LogP contribution in [0.4, 0.5) is 0 Å². The maximum absolute atomic E-state index is 4.05. The Kier molecular flexibility index (Phi) is 5.40. The van der Waals surface area contributed by atoms with Gasteiger partial charge in [0.1, 0.15) is 0 Å². The highest BCUT2D eigenvalue weighted by Gasteiger charge is 2.18. The fourth-order valence-electron chi connectivity index (χ4n) is 1.01. The zero-order valence-corrected chi connectivity index (χ0v) is 9.06. The minimum Gasteiger partial charge on any atom is -0.320 e. The van der Waals surface area contributed by atoms with Crippen molar-refractivity contribution in [1.29, 1.82) is 0 Å². The molecule has 0 heterocycles. The summed E-state index contributed by atoms with van der Waals surface area (Å²) in [7, 11) is 1.97. The van der Waals surface area contributed by atoms with Crippen LogP contribution in [0, 0.1) is 5.41 Å². The molecule has 0 amide bonds. The number of nitrogens with one attached hydrogen (secondary N) is 1. The van der Waals surface area contributed by atoms with Gasteiger partial charge in [-0.15, -0.1) is 0 Å². The third-order valence-corrected chi connectivity index (χ3v) is 2.30. The highest BCUT2D eigenvalue weighted by atomic mass is 14.8. The maximum Gasteiger partial charge on any atom is -0.00436 e. The molecular weight excluding hydrogens is 158 g/mol. The van der Waals surface area contributed by atoms with Gasteiger partial charge in [0.05, 0.1) is 0 Å². The summed E-state index contributed by atoms with van der Waals surface area (Å²) in [5.41, 5.74) is 1.32. The lowest BCUT2D eigenvalue weighted by atomic mass is 9.81. The van der Waals surface area contributed by atoms with E-state index >= 15 is 0 Å². The fraction of sp³-hybridized carbons (Fsp3) is 0.500. The largest absolute Gasteiger partial charge is 0.320 e. The van der Waals surface area contributed by atoms with Crippen LogP contribution in [0.3, 0.4) is 0 Å². The zero-order valence-electron chi connectivity index (χ0n) is 9.06. The molecule has 0 radical (unpaired) electrons. The molecule has 0 unspecified atom stereocenters. The second kappa shape index (κ2) is 5.76. The lowest BCUT2D eigenvalue weighted by Gasteiger charge is -2.25. The Morgan fingerprint density at radius 3 is 2.54 bits per heavy atom. The zero-order chi connectivity index (χ0) is 10.3. The van der Waals surface area contributed by atoms with E-state index < -0.39 is 0 Å². The molecule has 1 heteroatoms. The summed E-state index contributed by atoms with van der Waals surface area (Å²) in [6, 6.07) is 0. The van der Waals surface area contributed by atoms with Gasteiger partial charge in [-0.05, 0) is 31.0 Å². The van der Waals surface area contributed by atoms with E-state index in [1.54, 1.807) is 6.08 Å². The summed E-state index contributed by atoms with van der Waals surface area (Å²) >= 11 is 0. The van der Waals surface area contributed by atoms with Gasteiger partial charge >= 0.3 is 0 Å². The molecule has 0 saturated carbocycles. The second-order valence-electron chi connectivity index (χ2n) is 3.86. The van der Waals surface area contributed by atoms with E-state index in [-0.39, 0.29) is 5.41 Å². The number of hydrogen-bond donors (Lipinski definition) is 1. The van der Waals surface area contributed by atoms with Crippen LogP contribution in [-0.4, -0.2) is 13.6 Å². The topological polar surface area (TPSA) is 12.0 Å². The standard InChI is InChI=1S/C12H21N/c1-6-7-8-11(2)12(3,4)9-10-13-5/h6-8,13H,1-2,9-10H2,3-5H3/b8-7-. The van der Waals surface area contributed by atoms with E-state index in [9.17, 15) is 0 Å². The number of allylic oxidation sites excluding steroid dienone is 4. The van der Waals surface area contributed by atoms with Crippen LogP contribution in [0.2, 0.25) is 0 Å². The minimum atomic E-state index is 0.169. The second-order valence-corrected chi connectivity index (χ2v) is 3.86. The Labute approximate surface area is 82.2 Å². The predicted octanol–water partition coefficient (Wildman–Crippen LogP) is 2.92. The minimum absolute atomic E-state index is 0.169. The van der Waals surface area contributed by atoms with Crippen molar-refractivity contribution in [3.8, 4) is 0 Å². The first kappa shape index (κ1) is 12.2. The summed E-state index contributed by atoms with van der Waals surface area (Å²) < 4.78 is 0. The van der Waals surface area contributed by atoms with Crippen LogP contribution in [0.5, 0.6) is 0 Å². The van der Waals surface area contributed by atoms with Gasteiger partial charge in [-0.2, -0.15) is 0 Å². The van der Waals surface area contributed by atoms with E-state index in [1.807, 2.05) is 19.2 Å². The molecule has 0 aromatic rings. The summed E-state index contributed by atoms with van der Waals surface area (Å²) in [4.78, 5) is 0. The molecule has 0 aliphatic rings.